The lowest BCUT2D eigenvalue weighted by molar-refractivity contribution is 0.175. The Balaban J connectivity index is 1.61. The highest BCUT2D eigenvalue weighted by Gasteiger charge is 2.19. The highest BCUT2D eigenvalue weighted by Crippen LogP contribution is 2.18. The number of β-amino-alcohol motifs (C(OH)–C–C–N with tert-alkyl or cyclic N) is 1. The predicted molar refractivity (Wildman–Crippen MR) is 110 cm³/mol. The quantitative estimate of drug-likeness (QED) is 0.567. The minimum Gasteiger partial charge on any atom is -0.404 e. The van der Waals surface area contributed by atoms with Crippen LogP contribution in [0.1, 0.15) is 23.1 Å². The number of aliphatic hydroxyl groups excluding tert-OH is 1. The molecule has 1 aromatic carbocycles. The molecule has 0 amide bonds. The van der Waals surface area contributed by atoms with Crippen LogP contribution in [0.5, 0.6) is 0 Å². The number of likely N-dealkylation sites (tertiary alicyclic amines) is 1. The molecule has 27 heavy (non-hydrogen) atoms. The van der Waals surface area contributed by atoms with E-state index in [1.54, 1.807) is 12.4 Å². The minimum atomic E-state index is -0.185. The number of nitrogens with two attached hydrogens (primary N) is 1. The average Bonchev–Trinajstić information content (AvgIpc) is 3.10. The summed E-state index contributed by atoms with van der Waals surface area (Å²) in [5.74, 6) is 0. The predicted octanol–water partition coefficient (Wildman–Crippen LogP) is 2.68. The second-order valence-electron chi connectivity index (χ2n) is 6.58. The summed E-state index contributed by atoms with van der Waals surface area (Å²) in [5, 5.41) is 20.3. The third-order valence-electron chi connectivity index (χ3n) is 4.62. The van der Waals surface area contributed by atoms with E-state index in [2.05, 4.69) is 27.3 Å². The van der Waals surface area contributed by atoms with Crippen molar-refractivity contribution in [2.24, 2.45) is 5.73 Å². The van der Waals surface area contributed by atoms with Gasteiger partial charge < -0.3 is 21.6 Å². The summed E-state index contributed by atoms with van der Waals surface area (Å²) < 4.78 is 0. The van der Waals surface area contributed by atoms with Gasteiger partial charge in [-0.3, -0.25) is 9.88 Å². The Morgan fingerprint density at radius 3 is 2.81 bits per heavy atom. The van der Waals surface area contributed by atoms with E-state index in [1.165, 1.54) is 18.0 Å². The van der Waals surface area contributed by atoms with Crippen LogP contribution in [0.2, 0.25) is 0 Å². The van der Waals surface area contributed by atoms with Gasteiger partial charge in [-0.2, -0.15) is 0 Å². The summed E-state index contributed by atoms with van der Waals surface area (Å²) in [4.78, 5) is 6.41. The molecule has 1 aliphatic heterocycles. The minimum absolute atomic E-state index is 0.185. The summed E-state index contributed by atoms with van der Waals surface area (Å²) in [6.45, 7) is 2.57. The summed E-state index contributed by atoms with van der Waals surface area (Å²) in [5.41, 5.74) is 10.2. The Hall–Kier alpha value is -2.96. The average molecular weight is 363 g/mol. The van der Waals surface area contributed by atoms with Crippen LogP contribution in [-0.2, 0) is 6.54 Å². The molecule has 140 valence electrons. The first-order chi connectivity index (χ1) is 13.2. The maximum absolute atomic E-state index is 9.61. The highest BCUT2D eigenvalue weighted by molar-refractivity contribution is 6.09. The van der Waals surface area contributed by atoms with Gasteiger partial charge in [-0.15, -0.1) is 0 Å². The molecule has 5 N–H and O–H groups in total. The van der Waals surface area contributed by atoms with Crippen molar-refractivity contribution in [1.29, 1.82) is 5.41 Å². The van der Waals surface area contributed by atoms with E-state index in [9.17, 15) is 5.11 Å². The van der Waals surface area contributed by atoms with Crippen LogP contribution in [0.15, 0.2) is 55.1 Å². The van der Waals surface area contributed by atoms with Gasteiger partial charge in [0.2, 0.25) is 0 Å². The fourth-order valence-corrected chi connectivity index (χ4v) is 3.17. The summed E-state index contributed by atoms with van der Waals surface area (Å²) in [6.07, 6.45) is 10.5. The van der Waals surface area contributed by atoms with Crippen molar-refractivity contribution in [2.45, 2.75) is 19.1 Å². The van der Waals surface area contributed by atoms with Crippen molar-refractivity contribution in [1.82, 2.24) is 9.88 Å². The molecule has 3 rings (SSSR count). The van der Waals surface area contributed by atoms with Gasteiger partial charge in [0.05, 0.1) is 6.10 Å². The Bertz CT molecular complexity index is 829. The normalized spacial score (nSPS) is 18.1. The van der Waals surface area contributed by atoms with Crippen molar-refractivity contribution in [3.63, 3.8) is 0 Å². The first-order valence-corrected chi connectivity index (χ1v) is 8.99. The second kappa shape index (κ2) is 9.12. The first kappa shape index (κ1) is 18.8. The Kier molecular flexibility index (Phi) is 6.35. The fourth-order valence-electron chi connectivity index (χ4n) is 3.17. The lowest BCUT2D eigenvalue weighted by Gasteiger charge is -2.15. The van der Waals surface area contributed by atoms with Gasteiger partial charge in [-0.1, -0.05) is 12.1 Å². The molecule has 0 aliphatic carbocycles. The van der Waals surface area contributed by atoms with Crippen LogP contribution in [-0.4, -0.2) is 40.4 Å². The SMILES string of the molecule is N=C/C(=C\N)c1ccncc1/C=C/Nc1ccc(CN2CCC(O)C2)cc1. The van der Waals surface area contributed by atoms with Crippen LogP contribution in [0, 0.1) is 5.41 Å². The summed E-state index contributed by atoms with van der Waals surface area (Å²) >= 11 is 0. The van der Waals surface area contributed by atoms with Crippen molar-refractivity contribution < 1.29 is 5.11 Å². The monoisotopic (exact) mass is 363 g/mol. The number of pyridine rings is 1. The van der Waals surface area contributed by atoms with Crippen molar-refractivity contribution in [2.75, 3.05) is 18.4 Å². The van der Waals surface area contributed by atoms with E-state index in [-0.39, 0.29) is 6.10 Å². The van der Waals surface area contributed by atoms with Crippen LogP contribution in [0.25, 0.3) is 11.6 Å². The number of aliphatic hydroxyl groups is 1. The molecule has 0 bridgehead atoms. The van der Waals surface area contributed by atoms with E-state index in [0.717, 1.165) is 42.9 Å². The smallest absolute Gasteiger partial charge is 0.0679 e. The lowest BCUT2D eigenvalue weighted by Crippen LogP contribution is -2.21. The van der Waals surface area contributed by atoms with Crippen LogP contribution in [0.3, 0.4) is 0 Å². The van der Waals surface area contributed by atoms with E-state index in [4.69, 9.17) is 11.1 Å². The molecular formula is C21H25N5O. The van der Waals surface area contributed by atoms with Crippen LogP contribution < -0.4 is 11.1 Å². The number of rotatable bonds is 7. The van der Waals surface area contributed by atoms with Gasteiger partial charge in [-0.05, 0) is 41.8 Å². The topological polar surface area (TPSA) is 98.3 Å². The summed E-state index contributed by atoms with van der Waals surface area (Å²) in [7, 11) is 0. The lowest BCUT2D eigenvalue weighted by atomic mass is 10.0. The number of benzene rings is 1. The number of anilines is 1. The molecular weight excluding hydrogens is 338 g/mol. The van der Waals surface area contributed by atoms with Crippen molar-refractivity contribution in [3.8, 4) is 0 Å². The molecule has 6 heteroatoms. The van der Waals surface area contributed by atoms with Gasteiger partial charge in [0, 0.05) is 67.5 Å². The molecule has 0 saturated carbocycles. The molecule has 0 radical (unpaired) electrons. The third-order valence-corrected chi connectivity index (χ3v) is 4.62. The largest absolute Gasteiger partial charge is 0.404 e. The molecule has 1 unspecified atom stereocenters. The zero-order chi connectivity index (χ0) is 19.1. The summed E-state index contributed by atoms with van der Waals surface area (Å²) in [6, 6.07) is 10.1. The van der Waals surface area contributed by atoms with Gasteiger partial charge in [0.25, 0.3) is 0 Å². The van der Waals surface area contributed by atoms with Gasteiger partial charge >= 0.3 is 0 Å². The molecule has 1 atom stereocenters. The first-order valence-electron chi connectivity index (χ1n) is 8.99. The van der Waals surface area contributed by atoms with Gasteiger partial charge in [0.1, 0.15) is 0 Å². The van der Waals surface area contributed by atoms with E-state index >= 15 is 0 Å². The van der Waals surface area contributed by atoms with Gasteiger partial charge in [0.15, 0.2) is 0 Å². The van der Waals surface area contributed by atoms with Crippen molar-refractivity contribution >= 4 is 23.6 Å². The molecule has 2 aromatic rings. The number of nitrogens with one attached hydrogen (secondary N) is 2. The number of aromatic nitrogens is 1. The Morgan fingerprint density at radius 1 is 1.33 bits per heavy atom. The van der Waals surface area contributed by atoms with E-state index in [1.807, 2.05) is 30.5 Å². The Labute approximate surface area is 159 Å². The Morgan fingerprint density at radius 2 is 2.15 bits per heavy atom. The number of hydrogen-bond acceptors (Lipinski definition) is 6. The molecule has 1 aromatic heterocycles. The van der Waals surface area contributed by atoms with E-state index < -0.39 is 0 Å². The number of hydrogen-bond donors (Lipinski definition) is 4. The molecule has 1 saturated heterocycles. The second-order valence-corrected chi connectivity index (χ2v) is 6.58. The highest BCUT2D eigenvalue weighted by atomic mass is 16.3. The number of nitrogens with zero attached hydrogens (tertiary/aromatic N) is 2. The molecule has 1 aliphatic rings. The fraction of sp³-hybridized carbons (Fsp3) is 0.238. The van der Waals surface area contributed by atoms with Gasteiger partial charge in [-0.25, -0.2) is 0 Å². The third kappa shape index (κ3) is 5.03. The molecule has 2 heterocycles. The maximum Gasteiger partial charge on any atom is 0.0679 e. The number of allylic oxidation sites excluding steroid dienone is 1. The zero-order valence-electron chi connectivity index (χ0n) is 15.2. The molecule has 0 spiro atoms. The maximum atomic E-state index is 9.61. The van der Waals surface area contributed by atoms with Crippen LogP contribution in [0.4, 0.5) is 5.69 Å². The van der Waals surface area contributed by atoms with Crippen molar-refractivity contribution in [3.05, 3.63) is 71.8 Å². The molecule has 1 fully saturated rings. The van der Waals surface area contributed by atoms with E-state index in [0.29, 0.717) is 5.57 Å². The van der Waals surface area contributed by atoms with Crippen LogP contribution >= 0.6 is 0 Å². The molecule has 6 nitrogen and oxygen atoms in total. The standard InChI is InChI=1S/C21H25N5O/c22-11-18(12-23)21-6-8-24-13-17(21)5-9-25-19-3-1-16(2-4-19)14-26-10-7-20(27)15-26/h1-6,8-9,11-13,20,22,25,27H,7,10,14-15,23H2/b9-5+,18-12+,22-11?. The zero-order valence-corrected chi connectivity index (χ0v) is 15.2.